The van der Waals surface area contributed by atoms with Crippen LogP contribution in [0, 0.1) is 0 Å². The van der Waals surface area contributed by atoms with Crippen molar-refractivity contribution in [3.8, 4) is 0 Å². The van der Waals surface area contributed by atoms with Crippen molar-refractivity contribution in [2.75, 3.05) is 23.8 Å². The van der Waals surface area contributed by atoms with Gasteiger partial charge in [0.25, 0.3) is 0 Å². The van der Waals surface area contributed by atoms with Gasteiger partial charge in [0.05, 0.1) is 0 Å². The molecule has 0 aliphatic rings. The van der Waals surface area contributed by atoms with Gasteiger partial charge in [-0.15, -0.1) is 0 Å². The molecule has 0 bridgehead atoms. The Bertz CT molecular complexity index is 2310. The number of alkyl halides is 16. The molecule has 5 rings (SSSR count). The third kappa shape index (κ3) is 9.33. The minimum absolute atomic E-state index is 0.0595. The van der Waals surface area contributed by atoms with Crippen molar-refractivity contribution in [1.82, 2.24) is 0 Å². The summed E-state index contributed by atoms with van der Waals surface area (Å²) in [5.41, 5.74) is -4.03. The largest absolute Gasteiger partial charge is 0.411 e. The maximum Gasteiger partial charge on any atom is 0.411 e. The fourth-order valence-corrected chi connectivity index (χ4v) is 6.74. The van der Waals surface area contributed by atoms with Crippen molar-refractivity contribution in [3.63, 3.8) is 0 Å². The maximum atomic E-state index is 14.8. The predicted molar refractivity (Wildman–Crippen MR) is 204 cm³/mol. The highest BCUT2D eigenvalue weighted by Gasteiger charge is 2.73. The first-order valence-corrected chi connectivity index (χ1v) is 18.1. The third-order valence-electron chi connectivity index (χ3n) is 10.1. The van der Waals surface area contributed by atoms with E-state index in [2.05, 4.69) is 5.32 Å². The number of carbonyl (C=O) groups excluding carboxylic acids is 2. The summed E-state index contributed by atoms with van der Waals surface area (Å²) in [6, 6.07) is 14.8. The van der Waals surface area contributed by atoms with Gasteiger partial charge in [0.15, 0.2) is 0 Å². The number of halogens is 16. The zero-order valence-corrected chi connectivity index (χ0v) is 32.8. The Hall–Kier alpha value is -6.28. The van der Waals surface area contributed by atoms with Gasteiger partial charge < -0.3 is 16.8 Å². The molecule has 0 aliphatic heterocycles. The summed E-state index contributed by atoms with van der Waals surface area (Å²) in [6.07, 6.45) is -24.1. The summed E-state index contributed by atoms with van der Waals surface area (Å²) in [6.45, 7) is 0.601. The summed E-state index contributed by atoms with van der Waals surface area (Å²) in [5.74, 6) is -11.5. The van der Waals surface area contributed by atoms with Gasteiger partial charge in [-0.3, -0.25) is 9.59 Å². The summed E-state index contributed by atoms with van der Waals surface area (Å²) in [5, 5.41) is 2.58. The summed E-state index contributed by atoms with van der Waals surface area (Å²) < 4.78 is 225. The van der Waals surface area contributed by atoms with E-state index in [4.69, 9.17) is 11.5 Å². The highest BCUT2D eigenvalue weighted by atomic mass is 19.4. The van der Waals surface area contributed by atoms with Crippen LogP contribution in [0.15, 0.2) is 121 Å². The highest BCUT2D eigenvalue weighted by Crippen LogP contribution is 2.57. The van der Waals surface area contributed by atoms with Crippen molar-refractivity contribution in [2.24, 2.45) is 0 Å². The number of hydrogen-bond acceptors (Lipinski definition) is 5. The minimum atomic E-state index is -5.87. The Morgan fingerprint density at radius 2 is 0.688 bits per heavy atom. The molecule has 0 saturated carbocycles. The molecule has 0 heterocycles. The first-order chi connectivity index (χ1) is 29.3. The van der Waals surface area contributed by atoms with Crippen LogP contribution in [0.4, 0.5) is 87.3 Å². The van der Waals surface area contributed by atoms with E-state index in [0.717, 1.165) is 60.7 Å². The molecule has 21 heteroatoms. The maximum absolute atomic E-state index is 14.8. The second-order valence-corrected chi connectivity index (χ2v) is 14.1. The lowest BCUT2D eigenvalue weighted by Gasteiger charge is -2.38. The van der Waals surface area contributed by atoms with E-state index in [0.29, 0.717) is 67.6 Å². The first kappa shape index (κ1) is 50.4. The molecule has 64 heavy (non-hydrogen) atoms. The molecular formula is C43H33F16N3O2. The van der Waals surface area contributed by atoms with Crippen LogP contribution in [0.1, 0.15) is 45.9 Å². The second-order valence-electron chi connectivity index (χ2n) is 14.1. The average molecular weight is 928 g/mol. The Kier molecular flexibility index (Phi) is 13.9. The Morgan fingerprint density at radius 1 is 0.422 bits per heavy atom. The van der Waals surface area contributed by atoms with Gasteiger partial charge in [0, 0.05) is 48.6 Å². The van der Waals surface area contributed by atoms with E-state index in [1.807, 2.05) is 0 Å². The number of Topliss-reactive ketones (excluding diaryl/α,β-unsaturated/α-hetero) is 2. The van der Waals surface area contributed by atoms with Crippen LogP contribution in [0.25, 0.3) is 0 Å². The lowest BCUT2D eigenvalue weighted by Crippen LogP contribution is -2.54. The van der Waals surface area contributed by atoms with Crippen LogP contribution in [-0.4, -0.2) is 43.3 Å². The van der Waals surface area contributed by atoms with Gasteiger partial charge in [-0.25, -0.2) is 0 Å². The molecule has 5 nitrogen and oxygen atoms in total. The number of nitrogens with two attached hydrogens (primary N) is 2. The summed E-state index contributed by atoms with van der Waals surface area (Å²) in [7, 11) is 1.42. The predicted octanol–water partition coefficient (Wildman–Crippen LogP) is 12.0. The van der Waals surface area contributed by atoms with Crippen molar-refractivity contribution in [1.29, 1.82) is 0 Å². The molecule has 344 valence electrons. The minimum Gasteiger partial charge on any atom is -0.399 e. The molecule has 5 N–H and O–H groups in total. The van der Waals surface area contributed by atoms with Crippen LogP contribution in [-0.2, 0) is 38.7 Å². The number of benzene rings is 5. The molecule has 0 aliphatic carbocycles. The number of rotatable bonds is 11. The molecular weight excluding hydrogens is 894 g/mol. The fraction of sp³-hybridized carbons (Fsp3) is 0.256. The number of hydrogen-bond donors (Lipinski definition) is 3. The van der Waals surface area contributed by atoms with Gasteiger partial charge in [-0.1, -0.05) is 84.9 Å². The molecule has 0 saturated heterocycles. The van der Waals surface area contributed by atoms with E-state index in [1.165, 1.54) is 7.05 Å². The first-order valence-electron chi connectivity index (χ1n) is 18.1. The second kappa shape index (κ2) is 17.7. The number of nitrogen functional groups attached to an aromatic ring is 2. The van der Waals surface area contributed by atoms with Crippen LogP contribution in [0.5, 0.6) is 0 Å². The normalized spacial score (nSPS) is 13.2. The van der Waals surface area contributed by atoms with E-state index < -0.39 is 98.7 Å². The molecule has 0 fully saturated rings. The zero-order valence-electron chi connectivity index (χ0n) is 32.8. The molecule has 0 spiro atoms. The van der Waals surface area contributed by atoms with Crippen molar-refractivity contribution in [3.05, 3.63) is 160 Å². The number of nitrogens with one attached hydrogen (secondary N) is 1. The van der Waals surface area contributed by atoms with Crippen molar-refractivity contribution >= 4 is 28.6 Å². The fourth-order valence-electron chi connectivity index (χ4n) is 6.74. The van der Waals surface area contributed by atoms with E-state index in [9.17, 15) is 79.8 Å². The van der Waals surface area contributed by atoms with Crippen LogP contribution in [0.2, 0.25) is 0 Å². The standard InChI is InChI=1S/C28H21F10NO2.C15H12F6N2/c1-16(40)25(29,30)20-7-9-21(10-8-20)26(31,32)23(41)15-17-3-5-18(6-4-17)24(27(33,34)35,28(36,37)38)19-11-13-22(39-2)14-12-19;16-14(17,18)13(15(19,20)21,9-1-5-11(22)6-2-9)10-3-7-12(23)8-4-10/h3-14,39H,15H2,1-2H3;1-8H,22-23H2. The lowest BCUT2D eigenvalue weighted by molar-refractivity contribution is -0.290. The van der Waals surface area contributed by atoms with Crippen LogP contribution >= 0.6 is 0 Å². The topological polar surface area (TPSA) is 98.2 Å². The van der Waals surface area contributed by atoms with Crippen molar-refractivity contribution in [2.45, 2.75) is 60.7 Å². The van der Waals surface area contributed by atoms with Gasteiger partial charge in [0.2, 0.25) is 22.4 Å². The van der Waals surface area contributed by atoms with Crippen molar-refractivity contribution < 1.29 is 79.8 Å². The average Bonchev–Trinajstić information content (AvgIpc) is 3.18. The third-order valence-corrected chi connectivity index (χ3v) is 10.1. The number of ketones is 2. The number of carbonyl (C=O) groups is 2. The molecule has 0 atom stereocenters. The molecule has 5 aromatic rings. The van der Waals surface area contributed by atoms with Gasteiger partial charge in [-0.05, 0) is 64.2 Å². The Labute approximate surface area is 353 Å². The zero-order chi connectivity index (χ0) is 48.5. The molecule has 0 radical (unpaired) electrons. The number of anilines is 3. The van der Waals surface area contributed by atoms with E-state index in [-0.39, 0.29) is 22.6 Å². The summed E-state index contributed by atoms with van der Waals surface area (Å²) in [4.78, 5) is 23.5. The van der Waals surface area contributed by atoms with E-state index >= 15 is 0 Å². The quantitative estimate of drug-likeness (QED) is 0.0905. The van der Waals surface area contributed by atoms with E-state index in [1.54, 1.807) is 0 Å². The molecule has 0 amide bonds. The Balaban J connectivity index is 0.000000329. The van der Waals surface area contributed by atoms with Crippen LogP contribution < -0.4 is 16.8 Å². The molecule has 0 unspecified atom stereocenters. The SMILES string of the molecule is CNc1ccc(C(c2ccc(CC(=O)C(F)(F)c3ccc(C(F)(F)C(C)=O)cc3)cc2)(C(F)(F)F)C(F)(F)F)cc1.Nc1ccc(C(c2ccc(N)cc2)(C(F)(F)F)C(F)(F)F)cc1. The van der Waals surface area contributed by atoms with Gasteiger partial charge >= 0.3 is 36.6 Å². The summed E-state index contributed by atoms with van der Waals surface area (Å²) >= 11 is 0. The monoisotopic (exact) mass is 927 g/mol. The Morgan fingerprint density at radius 3 is 0.969 bits per heavy atom. The smallest absolute Gasteiger partial charge is 0.399 e. The molecule has 5 aromatic carbocycles. The lowest BCUT2D eigenvalue weighted by atomic mass is 9.72. The van der Waals surface area contributed by atoms with Gasteiger partial charge in [0.1, 0.15) is 0 Å². The van der Waals surface area contributed by atoms with Crippen LogP contribution in [0.3, 0.4) is 0 Å². The highest BCUT2D eigenvalue weighted by molar-refractivity contribution is 5.89. The molecule has 0 aromatic heterocycles. The van der Waals surface area contributed by atoms with Gasteiger partial charge in [-0.2, -0.15) is 70.2 Å².